The fourth-order valence-electron chi connectivity index (χ4n) is 3.82. The number of anilines is 1. The summed E-state index contributed by atoms with van der Waals surface area (Å²) in [6, 6.07) is 31.3. The summed E-state index contributed by atoms with van der Waals surface area (Å²) in [5, 5.41) is 3.26. The number of halogens is 1. The number of nitrogens with one attached hydrogen (secondary N) is 1. The van der Waals surface area contributed by atoms with Crippen molar-refractivity contribution >= 4 is 52.5 Å². The fraction of sp³-hybridized carbons (Fsp3) is 0. The van der Waals surface area contributed by atoms with E-state index >= 15 is 0 Å². The molecule has 1 heterocycles. The normalized spacial score (nSPS) is 14.6. The predicted octanol–water partition coefficient (Wildman–Crippen LogP) is 6.63. The predicted molar refractivity (Wildman–Crippen MR) is 146 cm³/mol. The Labute approximate surface area is 218 Å². The Hall–Kier alpha value is -4.26. The van der Waals surface area contributed by atoms with Gasteiger partial charge in [-0.25, -0.2) is 0 Å². The molecule has 4 aromatic rings. The molecule has 36 heavy (non-hydrogen) atoms. The molecule has 0 atom stereocenters. The Morgan fingerprint density at radius 1 is 0.778 bits per heavy atom. The minimum absolute atomic E-state index is 0.0172. The Morgan fingerprint density at radius 3 is 2.17 bits per heavy atom. The van der Waals surface area contributed by atoms with E-state index in [4.69, 9.17) is 28.6 Å². The first-order chi connectivity index (χ1) is 17.5. The van der Waals surface area contributed by atoms with Crippen LogP contribution in [0.15, 0.2) is 109 Å². The topological polar surface area (TPSA) is 58.6 Å². The van der Waals surface area contributed by atoms with Crippen LogP contribution in [0.25, 0.3) is 17.2 Å². The maximum atomic E-state index is 13.4. The Bertz CT molecular complexity index is 1500. The number of hydrogen-bond donors (Lipinski definition) is 1. The molecule has 0 radical (unpaired) electrons. The highest BCUT2D eigenvalue weighted by Gasteiger charge is 2.34. The van der Waals surface area contributed by atoms with Crippen molar-refractivity contribution in [2.24, 2.45) is 0 Å². The second-order valence-electron chi connectivity index (χ2n) is 8.00. The van der Waals surface area contributed by atoms with Crippen LogP contribution in [0.1, 0.15) is 5.56 Å². The van der Waals surface area contributed by atoms with Crippen LogP contribution < -0.4 is 15.0 Å². The van der Waals surface area contributed by atoms with Gasteiger partial charge in [0.15, 0.2) is 5.11 Å². The van der Waals surface area contributed by atoms with Gasteiger partial charge >= 0.3 is 0 Å². The van der Waals surface area contributed by atoms with E-state index in [1.807, 2.05) is 72.8 Å². The molecule has 0 spiro atoms. The largest absolute Gasteiger partial charge is 0.457 e. The van der Waals surface area contributed by atoms with Crippen molar-refractivity contribution in [3.05, 3.63) is 119 Å². The monoisotopic (exact) mass is 510 g/mol. The third-order valence-electron chi connectivity index (χ3n) is 5.53. The first-order valence-corrected chi connectivity index (χ1v) is 11.9. The van der Waals surface area contributed by atoms with E-state index < -0.39 is 11.8 Å². The highest BCUT2D eigenvalue weighted by Crippen LogP contribution is 2.28. The minimum atomic E-state index is -0.543. The molecule has 1 fully saturated rings. The molecule has 0 saturated carbocycles. The van der Waals surface area contributed by atoms with Crippen LogP contribution >= 0.6 is 23.8 Å². The Morgan fingerprint density at radius 2 is 1.44 bits per heavy atom. The molecular formula is C29H19ClN2O3S. The molecule has 5 rings (SSSR count). The van der Waals surface area contributed by atoms with Gasteiger partial charge < -0.3 is 4.74 Å². The second kappa shape index (κ2) is 10.2. The maximum Gasteiger partial charge on any atom is 0.270 e. The average Bonchev–Trinajstić information content (AvgIpc) is 2.88. The number of benzene rings is 4. The van der Waals surface area contributed by atoms with E-state index in [0.717, 1.165) is 11.1 Å². The second-order valence-corrected chi connectivity index (χ2v) is 8.83. The first kappa shape index (κ1) is 23.5. The van der Waals surface area contributed by atoms with Gasteiger partial charge in [-0.1, -0.05) is 60.1 Å². The summed E-state index contributed by atoms with van der Waals surface area (Å²) >= 11 is 11.4. The zero-order valence-corrected chi connectivity index (χ0v) is 20.4. The van der Waals surface area contributed by atoms with E-state index in [1.165, 1.54) is 4.90 Å². The van der Waals surface area contributed by atoms with Crippen LogP contribution in [-0.2, 0) is 9.59 Å². The van der Waals surface area contributed by atoms with Crippen LogP contribution in [0.5, 0.6) is 11.5 Å². The van der Waals surface area contributed by atoms with Gasteiger partial charge in [0.1, 0.15) is 17.1 Å². The molecule has 0 aliphatic carbocycles. The number of ether oxygens (including phenoxy) is 1. The zero-order valence-electron chi connectivity index (χ0n) is 18.9. The van der Waals surface area contributed by atoms with Gasteiger partial charge in [0, 0.05) is 5.02 Å². The number of carbonyl (C=O) groups excluding carboxylic acids is 2. The molecule has 176 valence electrons. The number of carbonyl (C=O) groups is 2. The quantitative estimate of drug-likeness (QED) is 0.186. The van der Waals surface area contributed by atoms with Gasteiger partial charge in [0.25, 0.3) is 11.8 Å². The lowest BCUT2D eigenvalue weighted by Crippen LogP contribution is -2.54. The molecule has 1 saturated heterocycles. The summed E-state index contributed by atoms with van der Waals surface area (Å²) in [7, 11) is 0. The zero-order chi connectivity index (χ0) is 25.1. The van der Waals surface area contributed by atoms with Crippen LogP contribution in [-0.4, -0.2) is 16.9 Å². The van der Waals surface area contributed by atoms with Crippen molar-refractivity contribution in [1.29, 1.82) is 0 Å². The van der Waals surface area contributed by atoms with Crippen molar-refractivity contribution in [3.8, 4) is 22.6 Å². The minimum Gasteiger partial charge on any atom is -0.457 e. The van der Waals surface area contributed by atoms with Crippen molar-refractivity contribution in [1.82, 2.24) is 5.32 Å². The van der Waals surface area contributed by atoms with E-state index in [1.54, 1.807) is 36.4 Å². The van der Waals surface area contributed by atoms with Crippen LogP contribution in [0.4, 0.5) is 5.69 Å². The molecule has 2 amide bonds. The Balaban J connectivity index is 1.42. The number of nitrogens with zero attached hydrogens (tertiary/aromatic N) is 1. The van der Waals surface area contributed by atoms with Crippen molar-refractivity contribution < 1.29 is 14.3 Å². The molecule has 5 nitrogen and oxygen atoms in total. The van der Waals surface area contributed by atoms with Crippen LogP contribution in [0.3, 0.4) is 0 Å². The standard InChI is InChI=1S/C29H19ClN2O3S/c30-22-9-5-8-21(18-22)20-7-4-6-19(16-20)17-26-27(33)31-29(36)32(28(26)34)23-12-14-25(15-13-23)35-24-10-2-1-3-11-24/h1-18H,(H,31,33,36). The number of amides is 2. The van der Waals surface area contributed by atoms with E-state index in [2.05, 4.69) is 5.32 Å². The molecule has 0 unspecified atom stereocenters. The van der Waals surface area contributed by atoms with Crippen LogP contribution in [0.2, 0.25) is 5.02 Å². The highest BCUT2D eigenvalue weighted by molar-refractivity contribution is 7.80. The van der Waals surface area contributed by atoms with Gasteiger partial charge in [-0.05, 0) is 89.6 Å². The highest BCUT2D eigenvalue weighted by atomic mass is 35.5. The summed E-state index contributed by atoms with van der Waals surface area (Å²) in [6.07, 6.45) is 1.56. The molecule has 0 bridgehead atoms. The van der Waals surface area contributed by atoms with Crippen molar-refractivity contribution in [2.75, 3.05) is 4.90 Å². The summed E-state index contributed by atoms with van der Waals surface area (Å²) in [5.41, 5.74) is 3.05. The first-order valence-electron chi connectivity index (χ1n) is 11.1. The van der Waals surface area contributed by atoms with Gasteiger partial charge in [0.05, 0.1) is 5.69 Å². The summed E-state index contributed by atoms with van der Waals surface area (Å²) < 4.78 is 5.82. The number of para-hydroxylation sites is 1. The fourth-order valence-corrected chi connectivity index (χ4v) is 4.29. The third-order valence-corrected chi connectivity index (χ3v) is 6.05. The molecular weight excluding hydrogens is 492 g/mol. The van der Waals surface area contributed by atoms with Crippen molar-refractivity contribution in [3.63, 3.8) is 0 Å². The Kier molecular flexibility index (Phi) is 6.62. The van der Waals surface area contributed by atoms with Crippen molar-refractivity contribution in [2.45, 2.75) is 0 Å². The molecule has 0 aromatic heterocycles. The average molecular weight is 511 g/mol. The van der Waals surface area contributed by atoms with Gasteiger partial charge in [-0.15, -0.1) is 0 Å². The third kappa shape index (κ3) is 5.05. The smallest absolute Gasteiger partial charge is 0.270 e. The number of rotatable bonds is 5. The SMILES string of the molecule is O=C1NC(=S)N(c2ccc(Oc3ccccc3)cc2)C(=O)C1=Cc1cccc(-c2cccc(Cl)c2)c1. The lowest BCUT2D eigenvalue weighted by Gasteiger charge is -2.29. The maximum absolute atomic E-state index is 13.4. The van der Waals surface area contributed by atoms with E-state index in [9.17, 15) is 9.59 Å². The summed E-state index contributed by atoms with van der Waals surface area (Å²) in [4.78, 5) is 27.4. The number of hydrogen-bond acceptors (Lipinski definition) is 4. The molecule has 4 aromatic carbocycles. The lowest BCUT2D eigenvalue weighted by molar-refractivity contribution is -0.122. The van der Waals surface area contributed by atoms with E-state index in [0.29, 0.717) is 27.8 Å². The molecule has 7 heteroatoms. The number of thiocarbonyl (C=S) groups is 1. The van der Waals surface area contributed by atoms with Gasteiger partial charge in [0.2, 0.25) is 0 Å². The summed E-state index contributed by atoms with van der Waals surface area (Å²) in [5.74, 6) is 0.261. The summed E-state index contributed by atoms with van der Waals surface area (Å²) in [6.45, 7) is 0. The molecule has 1 N–H and O–H groups in total. The lowest BCUT2D eigenvalue weighted by atomic mass is 10.0. The molecule has 1 aliphatic heterocycles. The van der Waals surface area contributed by atoms with Gasteiger partial charge in [-0.2, -0.15) is 0 Å². The molecule has 1 aliphatic rings. The van der Waals surface area contributed by atoms with Gasteiger partial charge in [-0.3, -0.25) is 19.8 Å². The van der Waals surface area contributed by atoms with E-state index in [-0.39, 0.29) is 10.7 Å². The van der Waals surface area contributed by atoms with Crippen LogP contribution in [0, 0.1) is 0 Å².